The number of hydrogen-bond donors (Lipinski definition) is 3. The van der Waals surface area contributed by atoms with Crippen molar-refractivity contribution in [2.24, 2.45) is 0 Å². The Morgan fingerprint density at radius 1 is 1.23 bits per heavy atom. The molecular weight excluding hydrogens is 330 g/mol. The number of hydrogen-bond acceptors (Lipinski definition) is 7. The van der Waals surface area contributed by atoms with Crippen molar-refractivity contribution in [2.75, 3.05) is 17.7 Å². The van der Waals surface area contributed by atoms with Gasteiger partial charge in [-0.1, -0.05) is 0 Å². The average Bonchev–Trinajstić information content (AvgIpc) is 3.17. The molecule has 26 heavy (non-hydrogen) atoms. The van der Waals surface area contributed by atoms with E-state index in [0.717, 1.165) is 17.1 Å². The number of fused-ring (bicyclic) bond motifs is 1. The van der Waals surface area contributed by atoms with Crippen LogP contribution in [0.2, 0.25) is 0 Å². The average molecular weight is 349 g/mol. The summed E-state index contributed by atoms with van der Waals surface area (Å²) >= 11 is 0. The molecule has 3 aromatic heterocycles. The molecule has 0 radical (unpaired) electrons. The third-order valence-electron chi connectivity index (χ3n) is 4.22. The van der Waals surface area contributed by atoms with Crippen LogP contribution in [-0.2, 0) is 5.54 Å². The van der Waals surface area contributed by atoms with Crippen molar-refractivity contribution in [3.63, 3.8) is 0 Å². The molecule has 0 bridgehead atoms. The summed E-state index contributed by atoms with van der Waals surface area (Å²) < 4.78 is 1.69. The molecule has 3 aromatic rings. The molecule has 0 aromatic carbocycles. The molecule has 0 fully saturated rings. The van der Waals surface area contributed by atoms with Gasteiger partial charge in [-0.15, -0.1) is 0 Å². The third-order valence-corrected chi connectivity index (χ3v) is 4.22. The van der Waals surface area contributed by atoms with Crippen molar-refractivity contribution >= 4 is 28.5 Å². The molecule has 0 amide bonds. The van der Waals surface area contributed by atoms with E-state index in [1.54, 1.807) is 31.8 Å². The van der Waals surface area contributed by atoms with Crippen LogP contribution >= 0.6 is 0 Å². The summed E-state index contributed by atoms with van der Waals surface area (Å²) in [5, 5.41) is 29.9. The Hall–Kier alpha value is -3.59. The zero-order chi connectivity index (χ0) is 19.1. The molecule has 0 spiro atoms. The Bertz CT molecular complexity index is 1070. The summed E-state index contributed by atoms with van der Waals surface area (Å²) in [6.07, 6.45) is 1.61. The largest absolute Gasteiger partial charge is 0.372 e. The fraction of sp³-hybridized carbons (Fsp3) is 0.353. The van der Waals surface area contributed by atoms with E-state index in [2.05, 4.69) is 42.8 Å². The predicted octanol–water partition coefficient (Wildman–Crippen LogP) is 2.69. The zero-order valence-electron chi connectivity index (χ0n) is 15.3. The van der Waals surface area contributed by atoms with Gasteiger partial charge >= 0.3 is 0 Å². The van der Waals surface area contributed by atoms with E-state index in [4.69, 9.17) is 0 Å². The number of nitrogens with zero attached hydrogens (tertiary/aromatic N) is 6. The molecule has 9 heteroatoms. The lowest BCUT2D eigenvalue weighted by atomic mass is 10.1. The molecule has 3 heterocycles. The van der Waals surface area contributed by atoms with E-state index in [0.29, 0.717) is 28.4 Å². The van der Waals surface area contributed by atoms with E-state index in [1.807, 2.05) is 13.8 Å². The van der Waals surface area contributed by atoms with Gasteiger partial charge in [0.1, 0.15) is 23.1 Å². The smallest absolute Gasteiger partial charge is 0.231 e. The van der Waals surface area contributed by atoms with Gasteiger partial charge in [-0.05, 0) is 27.7 Å². The van der Waals surface area contributed by atoms with E-state index in [9.17, 15) is 10.5 Å². The topological polar surface area (TPSA) is 131 Å². The monoisotopic (exact) mass is 349 g/mol. The molecule has 0 saturated carbocycles. The summed E-state index contributed by atoms with van der Waals surface area (Å²) in [6.45, 7) is 7.36. The van der Waals surface area contributed by atoms with E-state index < -0.39 is 5.54 Å². The minimum Gasteiger partial charge on any atom is -0.372 e. The molecule has 0 aliphatic heterocycles. The first-order valence-electron chi connectivity index (χ1n) is 8.04. The van der Waals surface area contributed by atoms with Crippen LogP contribution in [0.25, 0.3) is 11.0 Å². The minimum atomic E-state index is -0.767. The van der Waals surface area contributed by atoms with Gasteiger partial charge in [0.15, 0.2) is 0 Å². The number of rotatable bonds is 4. The second kappa shape index (κ2) is 6.05. The molecule has 3 rings (SSSR count). The van der Waals surface area contributed by atoms with Crippen LogP contribution in [0.3, 0.4) is 0 Å². The van der Waals surface area contributed by atoms with Crippen LogP contribution in [0.5, 0.6) is 0 Å². The fourth-order valence-corrected chi connectivity index (χ4v) is 2.89. The first kappa shape index (κ1) is 17.2. The van der Waals surface area contributed by atoms with Gasteiger partial charge in [-0.3, -0.25) is 0 Å². The number of nitrogens with one attached hydrogen (secondary N) is 3. The number of aryl methyl sites for hydroxylation is 1. The van der Waals surface area contributed by atoms with Gasteiger partial charge in [-0.25, -0.2) is 4.68 Å². The van der Waals surface area contributed by atoms with Crippen LogP contribution in [0, 0.1) is 36.5 Å². The first-order valence-corrected chi connectivity index (χ1v) is 8.04. The van der Waals surface area contributed by atoms with Gasteiger partial charge in [0.2, 0.25) is 5.95 Å². The van der Waals surface area contributed by atoms with E-state index >= 15 is 0 Å². The molecule has 132 valence electrons. The van der Waals surface area contributed by atoms with Crippen molar-refractivity contribution in [3.8, 4) is 12.1 Å². The zero-order valence-corrected chi connectivity index (χ0v) is 15.3. The Labute approximate surface area is 150 Å². The van der Waals surface area contributed by atoms with Crippen molar-refractivity contribution < 1.29 is 0 Å². The van der Waals surface area contributed by atoms with Gasteiger partial charge in [0, 0.05) is 13.2 Å². The number of H-pyrrole nitrogens is 1. The van der Waals surface area contributed by atoms with Crippen LogP contribution in [0.4, 0.5) is 17.5 Å². The summed E-state index contributed by atoms with van der Waals surface area (Å²) in [6, 6.07) is 4.37. The lowest BCUT2D eigenvalue weighted by Gasteiger charge is -2.18. The first-order chi connectivity index (χ1) is 12.3. The minimum absolute atomic E-state index is 0.369. The summed E-state index contributed by atoms with van der Waals surface area (Å²) in [7, 11) is 1.74. The quantitative estimate of drug-likeness (QED) is 0.660. The molecule has 0 unspecified atom stereocenters. The highest BCUT2D eigenvalue weighted by Crippen LogP contribution is 2.29. The van der Waals surface area contributed by atoms with Gasteiger partial charge < -0.3 is 15.6 Å². The molecule has 0 aliphatic rings. The highest BCUT2D eigenvalue weighted by Gasteiger charge is 2.26. The summed E-state index contributed by atoms with van der Waals surface area (Å²) in [5.41, 5.74) is 2.58. The van der Waals surface area contributed by atoms with Crippen molar-refractivity contribution in [1.29, 1.82) is 10.5 Å². The Balaban J connectivity index is 2.08. The lowest BCUT2D eigenvalue weighted by Crippen LogP contribution is -2.26. The molecule has 0 atom stereocenters. The standard InChI is InChI=1S/C17H19N9/c1-9-13(10(2)26(25-9)17(3,4)8-19)22-16-23-14(20-5)12-11(6-18)7-21-15(12)24-16/h7H,1-5H3,(H3,20,21,22,23,24). The lowest BCUT2D eigenvalue weighted by molar-refractivity contribution is 0.407. The van der Waals surface area contributed by atoms with Crippen molar-refractivity contribution in [3.05, 3.63) is 23.1 Å². The van der Waals surface area contributed by atoms with Crippen LogP contribution < -0.4 is 10.6 Å². The maximum Gasteiger partial charge on any atom is 0.231 e. The number of anilines is 3. The molecular formula is C17H19N9. The van der Waals surface area contributed by atoms with Gasteiger partial charge in [0.05, 0.1) is 34.1 Å². The number of nitriles is 2. The third kappa shape index (κ3) is 2.60. The molecule has 9 nitrogen and oxygen atoms in total. The van der Waals surface area contributed by atoms with Gasteiger partial charge in [-0.2, -0.15) is 25.6 Å². The Kier molecular flexibility index (Phi) is 4.01. The van der Waals surface area contributed by atoms with E-state index in [-0.39, 0.29) is 0 Å². The van der Waals surface area contributed by atoms with Crippen LogP contribution in [0.1, 0.15) is 30.8 Å². The number of aromatic amines is 1. The van der Waals surface area contributed by atoms with E-state index in [1.165, 1.54) is 0 Å². The number of aromatic nitrogens is 5. The molecule has 3 N–H and O–H groups in total. The second-order valence-electron chi connectivity index (χ2n) is 6.44. The maximum atomic E-state index is 9.38. The second-order valence-corrected chi connectivity index (χ2v) is 6.44. The SMILES string of the molecule is CNc1nc(Nc2c(C)nn(C(C)(C)C#N)c2C)nc2[nH]cc(C#N)c12. The molecule has 0 saturated heterocycles. The van der Waals surface area contributed by atoms with Crippen molar-refractivity contribution in [1.82, 2.24) is 24.7 Å². The molecule has 0 aliphatic carbocycles. The predicted molar refractivity (Wildman–Crippen MR) is 98.1 cm³/mol. The highest BCUT2D eigenvalue weighted by molar-refractivity contribution is 5.93. The summed E-state index contributed by atoms with van der Waals surface area (Å²) in [4.78, 5) is 11.9. The Morgan fingerprint density at radius 3 is 2.58 bits per heavy atom. The summed E-state index contributed by atoms with van der Waals surface area (Å²) in [5.74, 6) is 0.920. The van der Waals surface area contributed by atoms with Crippen molar-refractivity contribution in [2.45, 2.75) is 33.2 Å². The maximum absolute atomic E-state index is 9.38. The normalized spacial score (nSPS) is 11.2. The van der Waals surface area contributed by atoms with Crippen LogP contribution in [-0.4, -0.2) is 31.8 Å². The van der Waals surface area contributed by atoms with Crippen LogP contribution in [0.15, 0.2) is 6.20 Å². The Morgan fingerprint density at radius 2 is 1.96 bits per heavy atom. The van der Waals surface area contributed by atoms with Gasteiger partial charge in [0.25, 0.3) is 0 Å². The fourth-order valence-electron chi connectivity index (χ4n) is 2.89. The highest BCUT2D eigenvalue weighted by atomic mass is 15.3.